The molecule has 0 saturated heterocycles. The highest BCUT2D eigenvalue weighted by Crippen LogP contribution is 2.27. The lowest BCUT2D eigenvalue weighted by Crippen LogP contribution is -2.41. The second kappa shape index (κ2) is 6.77. The summed E-state index contributed by atoms with van der Waals surface area (Å²) in [6.07, 6.45) is 1.38. The summed E-state index contributed by atoms with van der Waals surface area (Å²) in [4.78, 5) is 6.43. The van der Waals surface area contributed by atoms with E-state index in [1.54, 1.807) is 7.05 Å². The summed E-state index contributed by atoms with van der Waals surface area (Å²) in [6.45, 7) is 1.36. The standard InChI is InChI=1S/C18H19F2N3/c1-21-18(23-11-9-13-4-2-3-5-17(13)23)22-10-8-14-12-15(19)6-7-16(14)20/h2-7,12H,8-11H2,1H3,(H,21,22). The Morgan fingerprint density at radius 2 is 2.04 bits per heavy atom. The molecule has 0 aliphatic carbocycles. The maximum absolute atomic E-state index is 13.6. The number of guanidine groups is 1. The third-order valence-corrected chi connectivity index (χ3v) is 4.04. The Balaban J connectivity index is 1.64. The zero-order valence-corrected chi connectivity index (χ0v) is 13.0. The van der Waals surface area contributed by atoms with E-state index >= 15 is 0 Å². The van der Waals surface area contributed by atoms with Crippen LogP contribution in [0.4, 0.5) is 14.5 Å². The molecule has 1 heterocycles. The van der Waals surface area contributed by atoms with Crippen LogP contribution in [0, 0.1) is 11.6 Å². The lowest BCUT2D eigenvalue weighted by atomic mass is 10.1. The van der Waals surface area contributed by atoms with Gasteiger partial charge in [-0.2, -0.15) is 0 Å². The Labute approximate surface area is 134 Å². The molecule has 2 aromatic rings. The number of anilines is 1. The maximum atomic E-state index is 13.6. The van der Waals surface area contributed by atoms with Crippen LogP contribution in [0.5, 0.6) is 0 Å². The Hall–Kier alpha value is -2.43. The molecule has 2 aromatic carbocycles. The van der Waals surface area contributed by atoms with E-state index in [0.717, 1.165) is 36.7 Å². The van der Waals surface area contributed by atoms with Gasteiger partial charge in [-0.3, -0.25) is 4.99 Å². The lowest BCUT2D eigenvalue weighted by Gasteiger charge is -2.22. The summed E-state index contributed by atoms with van der Waals surface area (Å²) in [5, 5.41) is 3.23. The smallest absolute Gasteiger partial charge is 0.198 e. The predicted octanol–water partition coefficient (Wildman–Crippen LogP) is 3.15. The molecule has 0 aromatic heterocycles. The van der Waals surface area contributed by atoms with Gasteiger partial charge in [0.05, 0.1) is 0 Å². The van der Waals surface area contributed by atoms with Crippen molar-refractivity contribution in [2.45, 2.75) is 12.8 Å². The Morgan fingerprint density at radius 1 is 1.22 bits per heavy atom. The summed E-state index contributed by atoms with van der Waals surface area (Å²) >= 11 is 0. The molecule has 3 nitrogen and oxygen atoms in total. The predicted molar refractivity (Wildman–Crippen MR) is 88.9 cm³/mol. The van der Waals surface area contributed by atoms with Crippen LogP contribution in [-0.4, -0.2) is 26.1 Å². The van der Waals surface area contributed by atoms with E-state index in [1.165, 1.54) is 11.6 Å². The number of para-hydroxylation sites is 1. The van der Waals surface area contributed by atoms with Crippen molar-refractivity contribution >= 4 is 11.6 Å². The van der Waals surface area contributed by atoms with E-state index in [0.29, 0.717) is 18.5 Å². The van der Waals surface area contributed by atoms with Gasteiger partial charge in [-0.1, -0.05) is 18.2 Å². The van der Waals surface area contributed by atoms with Crippen molar-refractivity contribution in [3.63, 3.8) is 0 Å². The lowest BCUT2D eigenvalue weighted by molar-refractivity contribution is 0.583. The zero-order valence-electron chi connectivity index (χ0n) is 13.0. The van der Waals surface area contributed by atoms with E-state index in [1.807, 2.05) is 12.1 Å². The van der Waals surface area contributed by atoms with Gasteiger partial charge in [0.2, 0.25) is 0 Å². The maximum Gasteiger partial charge on any atom is 0.198 e. The van der Waals surface area contributed by atoms with E-state index in [4.69, 9.17) is 0 Å². The molecule has 3 rings (SSSR count). The summed E-state index contributed by atoms with van der Waals surface area (Å²) in [6, 6.07) is 11.8. The Morgan fingerprint density at radius 3 is 2.87 bits per heavy atom. The third kappa shape index (κ3) is 3.33. The normalized spacial score (nSPS) is 14.0. The number of halogens is 2. The first-order valence-corrected chi connectivity index (χ1v) is 7.69. The fourth-order valence-electron chi connectivity index (χ4n) is 2.90. The molecule has 1 aliphatic rings. The Bertz CT molecular complexity index is 728. The monoisotopic (exact) mass is 315 g/mol. The van der Waals surface area contributed by atoms with Crippen LogP contribution < -0.4 is 10.2 Å². The number of nitrogens with zero attached hydrogens (tertiary/aromatic N) is 2. The van der Waals surface area contributed by atoms with E-state index in [-0.39, 0.29) is 5.82 Å². The van der Waals surface area contributed by atoms with Gasteiger partial charge in [0.15, 0.2) is 5.96 Å². The molecule has 0 spiro atoms. The van der Waals surface area contributed by atoms with Crippen LogP contribution in [0.1, 0.15) is 11.1 Å². The van der Waals surface area contributed by atoms with Crippen molar-refractivity contribution in [1.29, 1.82) is 0 Å². The summed E-state index contributed by atoms with van der Waals surface area (Å²) in [7, 11) is 1.73. The number of rotatable bonds is 3. The number of fused-ring (bicyclic) bond motifs is 1. The first kappa shape index (κ1) is 15.5. The van der Waals surface area contributed by atoms with Gasteiger partial charge in [0.1, 0.15) is 11.6 Å². The highest BCUT2D eigenvalue weighted by molar-refractivity contribution is 5.97. The van der Waals surface area contributed by atoms with Crippen molar-refractivity contribution in [1.82, 2.24) is 5.32 Å². The number of nitrogens with one attached hydrogen (secondary N) is 1. The molecule has 0 saturated carbocycles. The summed E-state index contributed by atoms with van der Waals surface area (Å²) in [5.74, 6) is -0.0410. The minimum Gasteiger partial charge on any atom is -0.356 e. The number of hydrogen-bond acceptors (Lipinski definition) is 1. The fraction of sp³-hybridized carbons (Fsp3) is 0.278. The zero-order chi connectivity index (χ0) is 16.2. The van der Waals surface area contributed by atoms with Gasteiger partial charge < -0.3 is 10.2 Å². The minimum atomic E-state index is -0.417. The molecular formula is C18H19F2N3. The van der Waals surface area contributed by atoms with Crippen molar-refractivity contribution in [3.8, 4) is 0 Å². The molecule has 0 bridgehead atoms. The van der Waals surface area contributed by atoms with Gasteiger partial charge >= 0.3 is 0 Å². The molecule has 0 unspecified atom stereocenters. The highest BCUT2D eigenvalue weighted by Gasteiger charge is 2.22. The van der Waals surface area contributed by atoms with Gasteiger partial charge in [0, 0.05) is 25.8 Å². The Kier molecular flexibility index (Phi) is 4.55. The van der Waals surface area contributed by atoms with Crippen molar-refractivity contribution in [2.24, 2.45) is 4.99 Å². The average Bonchev–Trinajstić information content (AvgIpc) is 2.99. The van der Waals surface area contributed by atoms with Gasteiger partial charge in [-0.15, -0.1) is 0 Å². The first-order chi connectivity index (χ1) is 11.2. The van der Waals surface area contributed by atoms with Crippen LogP contribution in [-0.2, 0) is 12.8 Å². The molecule has 5 heteroatoms. The summed E-state index contributed by atoms with van der Waals surface area (Å²) < 4.78 is 26.8. The van der Waals surface area contributed by atoms with Gasteiger partial charge in [0.25, 0.3) is 0 Å². The number of benzene rings is 2. The highest BCUT2D eigenvalue weighted by atomic mass is 19.1. The molecule has 120 valence electrons. The van der Waals surface area contributed by atoms with Crippen molar-refractivity contribution in [2.75, 3.05) is 25.0 Å². The number of hydrogen-bond donors (Lipinski definition) is 1. The largest absolute Gasteiger partial charge is 0.356 e. The second-order valence-electron chi connectivity index (χ2n) is 5.49. The van der Waals surface area contributed by atoms with E-state index in [9.17, 15) is 8.78 Å². The van der Waals surface area contributed by atoms with Crippen LogP contribution in [0.25, 0.3) is 0 Å². The molecule has 1 N–H and O–H groups in total. The first-order valence-electron chi connectivity index (χ1n) is 7.69. The number of aliphatic imine (C=N–C) groups is 1. The molecule has 0 radical (unpaired) electrons. The second-order valence-corrected chi connectivity index (χ2v) is 5.49. The van der Waals surface area contributed by atoms with Gasteiger partial charge in [-0.05, 0) is 48.2 Å². The molecule has 0 amide bonds. The third-order valence-electron chi connectivity index (χ3n) is 4.04. The van der Waals surface area contributed by atoms with Gasteiger partial charge in [-0.25, -0.2) is 8.78 Å². The molecule has 1 aliphatic heterocycles. The average molecular weight is 315 g/mol. The van der Waals surface area contributed by atoms with Crippen molar-refractivity contribution in [3.05, 3.63) is 65.2 Å². The molecule has 0 fully saturated rings. The van der Waals surface area contributed by atoms with Crippen LogP contribution in [0.2, 0.25) is 0 Å². The SMILES string of the molecule is CN=C(NCCc1cc(F)ccc1F)N1CCc2ccccc21. The summed E-state index contributed by atoms with van der Waals surface area (Å²) in [5.41, 5.74) is 2.82. The van der Waals surface area contributed by atoms with Crippen LogP contribution in [0.3, 0.4) is 0 Å². The molecular weight excluding hydrogens is 296 g/mol. The van der Waals surface area contributed by atoms with E-state index < -0.39 is 5.82 Å². The van der Waals surface area contributed by atoms with Crippen LogP contribution >= 0.6 is 0 Å². The fourth-order valence-corrected chi connectivity index (χ4v) is 2.90. The topological polar surface area (TPSA) is 27.6 Å². The molecule has 23 heavy (non-hydrogen) atoms. The minimum absolute atomic E-state index is 0.370. The quantitative estimate of drug-likeness (QED) is 0.696. The van der Waals surface area contributed by atoms with Crippen molar-refractivity contribution < 1.29 is 8.78 Å². The van der Waals surface area contributed by atoms with E-state index in [2.05, 4.69) is 27.3 Å². The molecule has 0 atom stereocenters. The van der Waals surface area contributed by atoms with Crippen LogP contribution in [0.15, 0.2) is 47.5 Å².